The summed E-state index contributed by atoms with van der Waals surface area (Å²) in [7, 11) is 0. The second kappa shape index (κ2) is 10.0. The van der Waals surface area contributed by atoms with Gasteiger partial charge < -0.3 is 10.0 Å². The van der Waals surface area contributed by atoms with E-state index in [4.69, 9.17) is 0 Å². The lowest BCUT2D eigenvalue weighted by Crippen LogP contribution is -2.21. The van der Waals surface area contributed by atoms with Crippen LogP contribution in [0, 0.1) is 23.5 Å². The van der Waals surface area contributed by atoms with Crippen molar-refractivity contribution in [1.82, 2.24) is 4.98 Å². The molecule has 0 unspecified atom stereocenters. The van der Waals surface area contributed by atoms with Crippen molar-refractivity contribution >= 4 is 11.4 Å². The number of halogens is 7. The number of para-hydroxylation sites is 3. The van der Waals surface area contributed by atoms with Crippen LogP contribution in [0.4, 0.5) is 42.1 Å². The Morgan fingerprint density at radius 1 is 0.943 bits per heavy atom. The second-order valence-electron chi connectivity index (χ2n) is 7.10. The number of pyridine rings is 1. The van der Waals surface area contributed by atoms with Gasteiger partial charge in [-0.3, -0.25) is 0 Å². The molecule has 0 amide bonds. The van der Waals surface area contributed by atoms with Gasteiger partial charge in [0.05, 0.1) is 22.5 Å². The molecule has 3 nitrogen and oxygen atoms in total. The number of rotatable bonds is 6. The van der Waals surface area contributed by atoms with Crippen LogP contribution >= 0.6 is 0 Å². The van der Waals surface area contributed by atoms with Gasteiger partial charge >= 0.3 is 6.18 Å². The molecule has 1 N–H and O–H groups in total. The minimum Gasteiger partial charge on any atom is -0.506 e. The van der Waals surface area contributed by atoms with Gasteiger partial charge in [-0.1, -0.05) is 49.1 Å². The molecule has 0 radical (unpaired) electrons. The van der Waals surface area contributed by atoms with Crippen molar-refractivity contribution in [2.24, 2.45) is 0 Å². The van der Waals surface area contributed by atoms with E-state index < -0.39 is 57.8 Å². The SMILES string of the molecule is C=C(/C=C\C=C/C)N(c1ccccc1O)c1c(-c2c(F)c(F)nc(F)c2F)cccc1C(F)(F)F. The third kappa shape index (κ3) is 5.06. The first-order chi connectivity index (χ1) is 16.5. The first-order valence-electron chi connectivity index (χ1n) is 9.96. The Morgan fingerprint density at radius 2 is 1.57 bits per heavy atom. The van der Waals surface area contributed by atoms with E-state index in [9.17, 15) is 35.8 Å². The molecule has 0 fully saturated rings. The van der Waals surface area contributed by atoms with Gasteiger partial charge in [0.2, 0.25) is 0 Å². The molecule has 1 heterocycles. The third-order valence-electron chi connectivity index (χ3n) is 4.83. The summed E-state index contributed by atoms with van der Waals surface area (Å²) >= 11 is 0. The maximum absolute atomic E-state index is 14.7. The van der Waals surface area contributed by atoms with Gasteiger partial charge in [-0.15, -0.1) is 0 Å². The summed E-state index contributed by atoms with van der Waals surface area (Å²) in [5.41, 5.74) is -4.98. The molecule has 0 saturated heterocycles. The molecule has 0 aliphatic heterocycles. The molecule has 2 aromatic carbocycles. The van der Waals surface area contributed by atoms with Crippen molar-refractivity contribution in [1.29, 1.82) is 0 Å². The van der Waals surface area contributed by atoms with Gasteiger partial charge in [0, 0.05) is 11.3 Å². The van der Waals surface area contributed by atoms with E-state index in [2.05, 4.69) is 11.6 Å². The van der Waals surface area contributed by atoms with Crippen molar-refractivity contribution in [2.75, 3.05) is 4.90 Å². The minimum atomic E-state index is -5.08. The monoisotopic (exact) mass is 494 g/mol. The van der Waals surface area contributed by atoms with Crippen LogP contribution in [-0.2, 0) is 6.18 Å². The van der Waals surface area contributed by atoms with Gasteiger partial charge in [-0.25, -0.2) is 8.78 Å². The summed E-state index contributed by atoms with van der Waals surface area (Å²) in [6, 6.07) is 7.53. The molecular weight excluding hydrogens is 477 g/mol. The Morgan fingerprint density at radius 3 is 2.14 bits per heavy atom. The number of hydrogen-bond donors (Lipinski definition) is 1. The molecule has 0 aliphatic carbocycles. The molecule has 3 rings (SSSR count). The number of phenolic OH excluding ortho intramolecular Hbond substituents is 1. The van der Waals surface area contributed by atoms with Crippen LogP contribution in [0.15, 0.2) is 79.0 Å². The number of allylic oxidation sites excluding steroid dienone is 4. The summed E-state index contributed by atoms with van der Waals surface area (Å²) in [5, 5.41) is 10.4. The van der Waals surface area contributed by atoms with E-state index in [1.54, 1.807) is 13.0 Å². The predicted octanol–water partition coefficient (Wildman–Crippen LogP) is 7.81. The smallest absolute Gasteiger partial charge is 0.418 e. The molecule has 1 aromatic heterocycles. The molecule has 0 atom stereocenters. The number of alkyl halides is 3. The van der Waals surface area contributed by atoms with Crippen molar-refractivity contribution < 1.29 is 35.8 Å². The maximum Gasteiger partial charge on any atom is 0.418 e. The molecule has 0 bridgehead atoms. The van der Waals surface area contributed by atoms with Crippen LogP contribution in [-0.4, -0.2) is 10.1 Å². The van der Waals surface area contributed by atoms with Gasteiger partial charge in [-0.2, -0.15) is 26.9 Å². The molecule has 0 aliphatic rings. The van der Waals surface area contributed by atoms with Crippen molar-refractivity contribution in [3.63, 3.8) is 0 Å². The topological polar surface area (TPSA) is 36.4 Å². The maximum atomic E-state index is 14.7. The zero-order valence-electron chi connectivity index (χ0n) is 18.0. The van der Waals surface area contributed by atoms with Crippen molar-refractivity contribution in [3.05, 3.63) is 108 Å². The first-order valence-corrected chi connectivity index (χ1v) is 9.96. The Labute approximate surface area is 195 Å². The quantitative estimate of drug-likeness (QED) is 0.216. The highest BCUT2D eigenvalue weighted by Crippen LogP contribution is 2.48. The van der Waals surface area contributed by atoms with Crippen LogP contribution in [0.2, 0.25) is 0 Å². The van der Waals surface area contributed by atoms with E-state index in [1.165, 1.54) is 42.5 Å². The van der Waals surface area contributed by atoms with Crippen molar-refractivity contribution in [2.45, 2.75) is 13.1 Å². The fourth-order valence-electron chi connectivity index (χ4n) is 3.36. The van der Waals surface area contributed by atoms with Crippen LogP contribution in [0.25, 0.3) is 11.1 Å². The van der Waals surface area contributed by atoms with Crippen LogP contribution < -0.4 is 4.90 Å². The van der Waals surface area contributed by atoms with Crippen LogP contribution in [0.3, 0.4) is 0 Å². The summed E-state index contributed by atoms with van der Waals surface area (Å²) in [4.78, 5) is 3.26. The zero-order valence-corrected chi connectivity index (χ0v) is 18.0. The average Bonchev–Trinajstić information content (AvgIpc) is 2.79. The number of aromatic nitrogens is 1. The molecule has 3 aromatic rings. The summed E-state index contributed by atoms with van der Waals surface area (Å²) in [5.74, 6) is -8.55. The number of benzene rings is 2. The largest absolute Gasteiger partial charge is 0.506 e. The second-order valence-corrected chi connectivity index (χ2v) is 7.10. The highest BCUT2D eigenvalue weighted by Gasteiger charge is 2.39. The van der Waals surface area contributed by atoms with Gasteiger partial charge in [0.1, 0.15) is 5.75 Å². The zero-order chi connectivity index (χ0) is 25.9. The summed E-state index contributed by atoms with van der Waals surface area (Å²) in [6.45, 7) is 5.42. The molecule has 35 heavy (non-hydrogen) atoms. The number of aromatic hydroxyl groups is 1. The Hall–Kier alpha value is -4.08. The van der Waals surface area contributed by atoms with Crippen LogP contribution in [0.1, 0.15) is 12.5 Å². The molecular formula is C25H17F7N2O. The number of anilines is 2. The highest BCUT2D eigenvalue weighted by atomic mass is 19.4. The average molecular weight is 494 g/mol. The van der Waals surface area contributed by atoms with E-state index in [1.807, 2.05) is 0 Å². The summed E-state index contributed by atoms with van der Waals surface area (Å²) in [6.07, 6.45) is 0.786. The van der Waals surface area contributed by atoms with Gasteiger partial charge in [-0.05, 0) is 31.2 Å². The highest BCUT2D eigenvalue weighted by molar-refractivity contribution is 5.89. The van der Waals surface area contributed by atoms with Crippen molar-refractivity contribution in [3.8, 4) is 16.9 Å². The Bertz CT molecular complexity index is 1300. The Balaban J connectivity index is 2.50. The van der Waals surface area contributed by atoms with E-state index in [-0.39, 0.29) is 11.4 Å². The number of nitrogens with zero attached hydrogens (tertiary/aromatic N) is 2. The van der Waals surface area contributed by atoms with E-state index in [0.29, 0.717) is 6.07 Å². The molecule has 0 saturated carbocycles. The Kier molecular flexibility index (Phi) is 7.33. The van der Waals surface area contributed by atoms with Gasteiger partial charge in [0.25, 0.3) is 11.9 Å². The standard InChI is InChI=1S/C25H17F7N2O/c1-3-4-5-9-14(2)34(17-12-6-7-13-18(17)35)22-15(10-8-11-16(22)25(30,31)32)19-20(26)23(28)33-24(29)21(19)27/h3-13,35H,2H2,1H3/b4-3-,9-5-. The van der Waals surface area contributed by atoms with E-state index >= 15 is 0 Å². The number of phenols is 1. The first kappa shape index (κ1) is 25.5. The van der Waals surface area contributed by atoms with Crippen LogP contribution in [0.5, 0.6) is 5.75 Å². The summed E-state index contributed by atoms with van der Waals surface area (Å²) < 4.78 is 99.7. The third-order valence-corrected chi connectivity index (χ3v) is 4.83. The molecule has 10 heteroatoms. The number of hydrogen-bond acceptors (Lipinski definition) is 3. The fourth-order valence-corrected chi connectivity index (χ4v) is 3.36. The lowest BCUT2D eigenvalue weighted by atomic mass is 9.97. The fraction of sp³-hybridized carbons (Fsp3) is 0.0800. The molecule has 0 spiro atoms. The normalized spacial score (nSPS) is 12.0. The lowest BCUT2D eigenvalue weighted by molar-refractivity contribution is -0.137. The van der Waals surface area contributed by atoms with Gasteiger partial charge in [0.15, 0.2) is 11.6 Å². The molecule has 182 valence electrons. The minimum absolute atomic E-state index is 0.168. The predicted molar refractivity (Wildman–Crippen MR) is 118 cm³/mol. The lowest BCUT2D eigenvalue weighted by Gasteiger charge is -2.31. The van der Waals surface area contributed by atoms with E-state index in [0.717, 1.165) is 17.0 Å².